The Balaban J connectivity index is 1.31. The zero-order chi connectivity index (χ0) is 24.6. The van der Waals surface area contributed by atoms with E-state index in [2.05, 4.69) is 14.8 Å². The van der Waals surface area contributed by atoms with Gasteiger partial charge in [-0.25, -0.2) is 0 Å². The molecule has 2 aromatic heterocycles. The predicted molar refractivity (Wildman–Crippen MR) is 122 cm³/mol. The molecule has 2 aromatic carbocycles. The quantitative estimate of drug-likeness (QED) is 0.375. The Morgan fingerprint density at radius 2 is 1.80 bits per heavy atom. The van der Waals surface area contributed by atoms with Crippen LogP contribution in [0.3, 0.4) is 0 Å². The topological polar surface area (TPSA) is 60.2 Å². The third-order valence-electron chi connectivity index (χ3n) is 5.84. The van der Waals surface area contributed by atoms with Crippen molar-refractivity contribution in [3.05, 3.63) is 101 Å². The Hall–Kier alpha value is -4.14. The highest BCUT2D eigenvalue weighted by Gasteiger charge is 2.32. The van der Waals surface area contributed by atoms with Crippen LogP contribution in [0.2, 0.25) is 0 Å². The second-order valence-electron chi connectivity index (χ2n) is 8.47. The lowest BCUT2D eigenvalue weighted by Crippen LogP contribution is -2.23. The molecular weight excluding hydrogens is 457 g/mol. The van der Waals surface area contributed by atoms with Gasteiger partial charge in [-0.2, -0.15) is 5.10 Å². The number of amides is 1. The minimum absolute atomic E-state index is 0.0908. The van der Waals surface area contributed by atoms with Gasteiger partial charge in [0.15, 0.2) is 0 Å². The molecule has 6 nitrogen and oxygen atoms in total. The van der Waals surface area contributed by atoms with Crippen LogP contribution in [0.15, 0.2) is 73.3 Å². The van der Waals surface area contributed by atoms with E-state index in [1.807, 2.05) is 42.1 Å². The number of carbonyl (C=O) groups excluding carboxylic acids is 1. The van der Waals surface area contributed by atoms with Crippen molar-refractivity contribution in [3.63, 3.8) is 0 Å². The number of hydrogen-bond donors (Lipinski definition) is 0. The Labute approximate surface area is 199 Å². The maximum absolute atomic E-state index is 13.1. The molecule has 0 saturated carbocycles. The van der Waals surface area contributed by atoms with Crippen molar-refractivity contribution in [3.8, 4) is 16.9 Å². The maximum Gasteiger partial charge on any atom is 0.573 e. The van der Waals surface area contributed by atoms with Gasteiger partial charge in [0.2, 0.25) is 0 Å². The molecule has 0 bridgehead atoms. The number of hydrogen-bond acceptors (Lipinski definition) is 4. The molecule has 0 atom stereocenters. The van der Waals surface area contributed by atoms with Crippen LogP contribution in [0.25, 0.3) is 11.1 Å². The summed E-state index contributed by atoms with van der Waals surface area (Å²) in [5.41, 5.74) is 6.16. The molecule has 1 amide bonds. The molecule has 0 unspecified atom stereocenters. The molecule has 1 aliphatic heterocycles. The van der Waals surface area contributed by atoms with Crippen molar-refractivity contribution in [2.24, 2.45) is 0 Å². The van der Waals surface area contributed by atoms with Crippen molar-refractivity contribution in [1.82, 2.24) is 19.7 Å². The van der Waals surface area contributed by atoms with Gasteiger partial charge in [-0.15, -0.1) is 13.2 Å². The number of rotatable bonds is 6. The lowest BCUT2D eigenvalue weighted by Gasteiger charge is -2.16. The number of nitrogens with zero attached hydrogens (tertiary/aromatic N) is 4. The van der Waals surface area contributed by atoms with Gasteiger partial charge in [0.25, 0.3) is 5.91 Å². The zero-order valence-electron chi connectivity index (χ0n) is 18.8. The summed E-state index contributed by atoms with van der Waals surface area (Å²) in [5, 5.41) is 4.46. The fourth-order valence-electron chi connectivity index (χ4n) is 4.32. The summed E-state index contributed by atoms with van der Waals surface area (Å²) in [5.74, 6) is -0.381. The molecule has 0 saturated heterocycles. The summed E-state index contributed by atoms with van der Waals surface area (Å²) in [6, 6.07) is 13.4. The van der Waals surface area contributed by atoms with Crippen LogP contribution in [0.5, 0.6) is 5.75 Å². The molecule has 35 heavy (non-hydrogen) atoms. The van der Waals surface area contributed by atoms with E-state index in [0.29, 0.717) is 18.7 Å². The van der Waals surface area contributed by atoms with E-state index >= 15 is 0 Å². The molecule has 0 spiro atoms. The molecule has 178 valence electrons. The summed E-state index contributed by atoms with van der Waals surface area (Å²) in [6.07, 6.45) is 2.56. The number of carbonyl (C=O) groups is 1. The van der Waals surface area contributed by atoms with E-state index in [0.717, 1.165) is 33.4 Å². The van der Waals surface area contributed by atoms with E-state index in [1.165, 1.54) is 24.3 Å². The monoisotopic (exact) mass is 478 g/mol. The van der Waals surface area contributed by atoms with Gasteiger partial charge in [0.1, 0.15) is 5.75 Å². The molecule has 0 fully saturated rings. The van der Waals surface area contributed by atoms with Crippen LogP contribution in [-0.2, 0) is 19.6 Å². The average molecular weight is 478 g/mol. The smallest absolute Gasteiger partial charge is 0.406 e. The summed E-state index contributed by atoms with van der Waals surface area (Å²) < 4.78 is 42.9. The second-order valence-corrected chi connectivity index (χ2v) is 8.47. The highest BCUT2D eigenvalue weighted by Crippen LogP contribution is 2.32. The van der Waals surface area contributed by atoms with Gasteiger partial charge < -0.3 is 9.64 Å². The van der Waals surface area contributed by atoms with Gasteiger partial charge in [0.05, 0.1) is 12.7 Å². The average Bonchev–Trinajstić information content (AvgIpc) is 3.39. The van der Waals surface area contributed by atoms with Crippen LogP contribution < -0.4 is 4.74 Å². The minimum atomic E-state index is -4.74. The molecule has 0 aliphatic carbocycles. The number of aromatic nitrogens is 3. The lowest BCUT2D eigenvalue weighted by atomic mass is 9.98. The largest absolute Gasteiger partial charge is 0.573 e. The van der Waals surface area contributed by atoms with E-state index < -0.39 is 6.36 Å². The highest BCUT2D eigenvalue weighted by atomic mass is 19.4. The fraction of sp³-hybridized carbons (Fsp3) is 0.192. The molecule has 3 heterocycles. The lowest BCUT2D eigenvalue weighted by molar-refractivity contribution is -0.274. The Kier molecular flexibility index (Phi) is 5.76. The van der Waals surface area contributed by atoms with Crippen molar-refractivity contribution >= 4 is 5.91 Å². The van der Waals surface area contributed by atoms with Crippen molar-refractivity contribution < 1.29 is 22.7 Å². The van der Waals surface area contributed by atoms with Crippen molar-refractivity contribution in [2.45, 2.75) is 32.9 Å². The van der Waals surface area contributed by atoms with Crippen LogP contribution >= 0.6 is 0 Å². The summed E-state index contributed by atoms with van der Waals surface area (Å²) >= 11 is 0. The van der Waals surface area contributed by atoms with Crippen LogP contribution in [0.4, 0.5) is 13.2 Å². The number of ether oxygens (including phenoxy) is 1. The summed E-state index contributed by atoms with van der Waals surface area (Å²) in [6.45, 7) is 3.23. The van der Waals surface area contributed by atoms with Gasteiger partial charge in [0, 0.05) is 42.8 Å². The zero-order valence-corrected chi connectivity index (χ0v) is 18.8. The SMILES string of the molecule is Cc1cc(-c2cnn(Cc3cccnc3)c2)cc2c1C(=O)N(Cc1ccc(OC(F)(F)F)cc1)C2. The number of alkyl halides is 3. The normalized spacial score (nSPS) is 13.3. The highest BCUT2D eigenvalue weighted by molar-refractivity contribution is 6.00. The first kappa shape index (κ1) is 22.6. The molecular formula is C26H21F3N4O2. The molecule has 9 heteroatoms. The summed E-state index contributed by atoms with van der Waals surface area (Å²) in [7, 11) is 0. The molecule has 0 radical (unpaired) electrons. The second kappa shape index (κ2) is 8.90. The van der Waals surface area contributed by atoms with Crippen LogP contribution in [-0.4, -0.2) is 31.9 Å². The van der Waals surface area contributed by atoms with Crippen LogP contribution in [0.1, 0.15) is 32.6 Å². The third kappa shape index (κ3) is 5.03. The van der Waals surface area contributed by atoms with Gasteiger partial charge in [-0.1, -0.05) is 24.3 Å². The number of halogens is 3. The van der Waals surface area contributed by atoms with E-state index in [1.54, 1.807) is 23.5 Å². The Bertz CT molecular complexity index is 1370. The summed E-state index contributed by atoms with van der Waals surface area (Å²) in [4.78, 5) is 18.9. The third-order valence-corrected chi connectivity index (χ3v) is 5.84. The first-order chi connectivity index (χ1) is 16.7. The molecule has 1 aliphatic rings. The van der Waals surface area contributed by atoms with Crippen LogP contribution in [0, 0.1) is 6.92 Å². The van der Waals surface area contributed by atoms with E-state index in [4.69, 9.17) is 0 Å². The van der Waals surface area contributed by atoms with Crippen molar-refractivity contribution in [2.75, 3.05) is 0 Å². The first-order valence-corrected chi connectivity index (χ1v) is 10.9. The number of benzene rings is 2. The number of aryl methyl sites for hydroxylation is 1. The molecule has 4 aromatic rings. The first-order valence-electron chi connectivity index (χ1n) is 10.9. The Morgan fingerprint density at radius 3 is 2.51 bits per heavy atom. The van der Waals surface area contributed by atoms with Gasteiger partial charge in [-0.05, 0) is 59.0 Å². The molecule has 0 N–H and O–H groups in total. The van der Waals surface area contributed by atoms with E-state index in [-0.39, 0.29) is 18.2 Å². The number of fused-ring (bicyclic) bond motifs is 1. The predicted octanol–water partition coefficient (Wildman–Crippen LogP) is 5.36. The standard InChI is InChI=1S/C26H21F3N4O2/c1-17-9-20(22-12-31-33(16-22)14-19-3-2-8-30-11-19)10-21-15-32(25(34)24(17)21)13-18-4-6-23(7-5-18)35-26(27,28)29/h2-12,16H,13-15H2,1H3. The number of pyridine rings is 1. The van der Waals surface area contributed by atoms with Gasteiger partial charge >= 0.3 is 6.36 Å². The van der Waals surface area contributed by atoms with E-state index in [9.17, 15) is 18.0 Å². The maximum atomic E-state index is 13.1. The Morgan fingerprint density at radius 1 is 1.00 bits per heavy atom. The minimum Gasteiger partial charge on any atom is -0.406 e. The molecule has 5 rings (SSSR count). The van der Waals surface area contributed by atoms with Crippen molar-refractivity contribution in [1.29, 1.82) is 0 Å². The fourth-order valence-corrected chi connectivity index (χ4v) is 4.32. The van der Waals surface area contributed by atoms with Gasteiger partial charge in [-0.3, -0.25) is 14.5 Å².